The first kappa shape index (κ1) is 25.2. The monoisotopic (exact) mass is 522 g/mol. The van der Waals surface area contributed by atoms with Crippen molar-refractivity contribution in [3.8, 4) is 0 Å². The predicted octanol–water partition coefficient (Wildman–Crippen LogP) is 2.25. The van der Waals surface area contributed by atoms with E-state index in [0.717, 1.165) is 18.9 Å². The Labute approximate surface area is 187 Å². The number of hydrogen-bond donors (Lipinski definition) is 1. The highest BCUT2D eigenvalue weighted by atomic mass is 127. The number of nitrogens with one attached hydrogen (secondary N) is 1. The quantitative estimate of drug-likeness (QED) is 0.353. The maximum absolute atomic E-state index is 12.3. The average Bonchev–Trinajstić information content (AvgIpc) is 2.60. The molecule has 0 aromatic heterocycles. The highest BCUT2D eigenvalue weighted by molar-refractivity contribution is 14.0. The topological polar surface area (TPSA) is 65.0 Å². The molecule has 8 heteroatoms. The molecule has 0 bridgehead atoms. The second kappa shape index (κ2) is 10.8. The van der Waals surface area contributed by atoms with Gasteiger partial charge in [-0.25, -0.2) is 8.42 Å². The fourth-order valence-electron chi connectivity index (χ4n) is 3.24. The molecule has 1 saturated heterocycles. The molecule has 6 nitrogen and oxygen atoms in total. The van der Waals surface area contributed by atoms with E-state index >= 15 is 0 Å². The molecule has 1 unspecified atom stereocenters. The lowest BCUT2D eigenvalue weighted by molar-refractivity contribution is 0.295. The molecule has 160 valence electrons. The molecule has 0 aliphatic carbocycles. The number of guanidine groups is 1. The maximum atomic E-state index is 12.3. The van der Waals surface area contributed by atoms with Crippen LogP contribution in [0.4, 0.5) is 0 Å². The van der Waals surface area contributed by atoms with Crippen LogP contribution in [0, 0.1) is 0 Å². The summed E-state index contributed by atoms with van der Waals surface area (Å²) < 4.78 is 23.8. The molecule has 0 radical (unpaired) electrons. The Morgan fingerprint density at radius 2 is 1.93 bits per heavy atom. The summed E-state index contributed by atoms with van der Waals surface area (Å²) in [7, 11) is 1.09. The van der Waals surface area contributed by atoms with Gasteiger partial charge in [0.1, 0.15) is 0 Å². The Morgan fingerprint density at radius 3 is 2.46 bits per heavy atom. The number of rotatable bonds is 6. The fraction of sp³-hybridized carbons (Fsp3) is 0.650. The van der Waals surface area contributed by atoms with Crippen molar-refractivity contribution in [1.82, 2.24) is 15.1 Å². The smallest absolute Gasteiger partial charge is 0.194 e. The highest BCUT2D eigenvalue weighted by Gasteiger charge is 2.41. The summed E-state index contributed by atoms with van der Waals surface area (Å²) in [4.78, 5) is 9.15. The molecule has 1 atom stereocenters. The minimum atomic E-state index is -3.06. The molecule has 1 aromatic rings. The van der Waals surface area contributed by atoms with Crippen LogP contribution in [-0.4, -0.2) is 81.0 Å². The van der Waals surface area contributed by atoms with Gasteiger partial charge in [0.25, 0.3) is 0 Å². The van der Waals surface area contributed by atoms with Crippen LogP contribution in [0.15, 0.2) is 35.3 Å². The summed E-state index contributed by atoms with van der Waals surface area (Å²) in [6.07, 6.45) is 0.927. The van der Waals surface area contributed by atoms with E-state index in [1.807, 2.05) is 13.0 Å². The summed E-state index contributed by atoms with van der Waals surface area (Å²) in [5.74, 6) is 0.978. The van der Waals surface area contributed by atoms with E-state index in [1.54, 1.807) is 13.8 Å². The Balaban J connectivity index is 0.00000392. The number of hydrogen-bond acceptors (Lipinski definition) is 4. The van der Waals surface area contributed by atoms with E-state index in [4.69, 9.17) is 4.99 Å². The van der Waals surface area contributed by atoms with E-state index in [9.17, 15) is 8.42 Å². The lowest BCUT2D eigenvalue weighted by atomic mass is 10.1. The van der Waals surface area contributed by atoms with Crippen LogP contribution in [0.5, 0.6) is 0 Å². The van der Waals surface area contributed by atoms with E-state index < -0.39 is 14.6 Å². The molecule has 28 heavy (non-hydrogen) atoms. The molecular weight excluding hydrogens is 487 g/mol. The van der Waals surface area contributed by atoms with Gasteiger partial charge in [-0.1, -0.05) is 30.3 Å². The summed E-state index contributed by atoms with van der Waals surface area (Å²) in [5, 5.41) is 3.34. The SMILES string of the molecule is CCNC(=NCC(Cc1ccccc1)N(C)C)N1CCS(=O)(=O)C(C)(C)C1.I. The van der Waals surface area contributed by atoms with Crippen LogP contribution in [0.1, 0.15) is 26.3 Å². The van der Waals surface area contributed by atoms with Gasteiger partial charge in [-0.3, -0.25) is 4.99 Å². The predicted molar refractivity (Wildman–Crippen MR) is 128 cm³/mol. The molecule has 2 rings (SSSR count). The van der Waals surface area contributed by atoms with Gasteiger partial charge in [-0.15, -0.1) is 24.0 Å². The number of nitrogens with zero attached hydrogens (tertiary/aromatic N) is 3. The van der Waals surface area contributed by atoms with E-state index in [-0.39, 0.29) is 35.8 Å². The zero-order chi connectivity index (χ0) is 20.1. The Morgan fingerprint density at radius 1 is 1.29 bits per heavy atom. The average molecular weight is 522 g/mol. The molecule has 1 aliphatic heterocycles. The van der Waals surface area contributed by atoms with Crippen molar-refractivity contribution in [3.05, 3.63) is 35.9 Å². The van der Waals surface area contributed by atoms with Crippen molar-refractivity contribution in [2.45, 2.75) is 38.0 Å². The van der Waals surface area contributed by atoms with Gasteiger partial charge in [0, 0.05) is 25.7 Å². The lowest BCUT2D eigenvalue weighted by Crippen LogP contribution is -2.57. The minimum Gasteiger partial charge on any atom is -0.357 e. The standard InChI is InChI=1S/C20H34N4O2S.HI/c1-6-21-19(24-12-13-27(25,26)20(2,3)16-24)22-15-18(23(4)5)14-17-10-8-7-9-11-17;/h7-11,18H,6,12-16H2,1-5H3,(H,21,22);1H. The highest BCUT2D eigenvalue weighted by Crippen LogP contribution is 2.23. The van der Waals surface area contributed by atoms with Crippen LogP contribution in [0.3, 0.4) is 0 Å². The van der Waals surface area contributed by atoms with Gasteiger partial charge >= 0.3 is 0 Å². The zero-order valence-electron chi connectivity index (χ0n) is 17.7. The second-order valence-corrected chi connectivity index (χ2v) is 10.7. The number of halogens is 1. The second-order valence-electron chi connectivity index (χ2n) is 8.00. The van der Waals surface area contributed by atoms with Crippen molar-refractivity contribution in [2.24, 2.45) is 4.99 Å². The largest absolute Gasteiger partial charge is 0.357 e. The van der Waals surface area contributed by atoms with Crippen LogP contribution in [-0.2, 0) is 16.3 Å². The number of sulfone groups is 1. The van der Waals surface area contributed by atoms with Gasteiger partial charge in [0.2, 0.25) is 0 Å². The molecule has 1 fully saturated rings. The normalized spacial score (nSPS) is 19.8. The number of benzene rings is 1. The van der Waals surface area contributed by atoms with Gasteiger partial charge < -0.3 is 15.1 Å². The third-order valence-corrected chi connectivity index (χ3v) is 7.71. The lowest BCUT2D eigenvalue weighted by Gasteiger charge is -2.39. The molecular formula is C20H35IN4O2S. The van der Waals surface area contributed by atoms with Crippen LogP contribution in [0.25, 0.3) is 0 Å². The summed E-state index contributed by atoms with van der Waals surface area (Å²) in [6.45, 7) is 8.01. The van der Waals surface area contributed by atoms with Gasteiger partial charge in [-0.05, 0) is 46.9 Å². The summed E-state index contributed by atoms with van der Waals surface area (Å²) in [5.41, 5.74) is 1.29. The van der Waals surface area contributed by atoms with Gasteiger partial charge in [0.15, 0.2) is 15.8 Å². The first-order valence-electron chi connectivity index (χ1n) is 9.62. The third kappa shape index (κ3) is 6.59. The zero-order valence-corrected chi connectivity index (χ0v) is 20.8. The molecule has 1 heterocycles. The van der Waals surface area contributed by atoms with Crippen molar-refractivity contribution in [2.75, 3.05) is 46.0 Å². The van der Waals surface area contributed by atoms with Crippen molar-refractivity contribution in [1.29, 1.82) is 0 Å². The Kier molecular flexibility index (Phi) is 9.69. The first-order valence-corrected chi connectivity index (χ1v) is 11.3. The van der Waals surface area contributed by atoms with Gasteiger partial charge in [-0.2, -0.15) is 0 Å². The van der Waals surface area contributed by atoms with E-state index in [2.05, 4.69) is 53.5 Å². The van der Waals surface area contributed by atoms with Crippen LogP contribution in [0.2, 0.25) is 0 Å². The van der Waals surface area contributed by atoms with Crippen molar-refractivity contribution < 1.29 is 8.42 Å². The maximum Gasteiger partial charge on any atom is 0.194 e. The molecule has 1 aromatic carbocycles. The van der Waals surface area contributed by atoms with Crippen LogP contribution < -0.4 is 5.32 Å². The van der Waals surface area contributed by atoms with Crippen LogP contribution >= 0.6 is 24.0 Å². The summed E-state index contributed by atoms with van der Waals surface area (Å²) in [6, 6.07) is 10.7. The van der Waals surface area contributed by atoms with E-state index in [1.165, 1.54) is 5.56 Å². The Bertz CT molecular complexity index is 736. The fourth-order valence-corrected chi connectivity index (χ4v) is 4.60. The molecule has 0 saturated carbocycles. The third-order valence-electron chi connectivity index (χ3n) is 5.17. The number of likely N-dealkylation sites (N-methyl/N-ethyl adjacent to an activating group) is 1. The Hall–Kier alpha value is -0.870. The molecule has 1 N–H and O–H groups in total. The van der Waals surface area contributed by atoms with Crippen molar-refractivity contribution in [3.63, 3.8) is 0 Å². The summed E-state index contributed by atoms with van der Waals surface area (Å²) >= 11 is 0. The minimum absolute atomic E-state index is 0. The van der Waals surface area contributed by atoms with Gasteiger partial charge in [0.05, 0.1) is 17.0 Å². The molecule has 0 spiro atoms. The first-order chi connectivity index (χ1) is 12.7. The molecule has 1 aliphatic rings. The molecule has 0 amide bonds. The number of aliphatic imine (C=N–C) groups is 1. The van der Waals surface area contributed by atoms with Crippen molar-refractivity contribution >= 4 is 39.8 Å². The van der Waals surface area contributed by atoms with E-state index in [0.29, 0.717) is 19.6 Å².